The second-order valence-electron chi connectivity index (χ2n) is 8.66. The maximum atomic E-state index is 11.3. The molecule has 2 saturated carbocycles. The molecule has 0 radical (unpaired) electrons. The summed E-state index contributed by atoms with van der Waals surface area (Å²) < 4.78 is 7.98. The minimum absolute atomic E-state index is 0.0193. The number of ether oxygens (including phenoxy) is 1. The number of aryl methyl sites for hydroxylation is 1. The van der Waals surface area contributed by atoms with Gasteiger partial charge in [-0.15, -0.1) is 5.10 Å². The van der Waals surface area contributed by atoms with Crippen molar-refractivity contribution in [2.24, 2.45) is 18.9 Å². The number of carbonyl (C=O) groups is 1. The van der Waals surface area contributed by atoms with E-state index >= 15 is 0 Å². The molecule has 1 heterocycles. The highest BCUT2D eigenvalue weighted by molar-refractivity contribution is 5.70. The van der Waals surface area contributed by atoms with Crippen molar-refractivity contribution in [2.75, 3.05) is 0 Å². The van der Waals surface area contributed by atoms with Crippen LogP contribution in [0.25, 0.3) is 11.3 Å². The van der Waals surface area contributed by atoms with Crippen LogP contribution in [0.4, 0.5) is 0 Å². The molecule has 0 bridgehead atoms. The van der Waals surface area contributed by atoms with E-state index in [2.05, 4.69) is 10.3 Å². The van der Waals surface area contributed by atoms with E-state index in [4.69, 9.17) is 4.74 Å². The standard InChI is InChI=1S/C23H31N3O3/c1-26-21(14-9-16-5-2-3-6-16)22(24-25-26)17-10-12-19(13-11-17)29-20-8-4-7-18(15-20)23(27)28/h10-13,16,18,20H,2-9,14-15H2,1H3,(H,27,28)/t18-,20-/m0/s1. The molecule has 6 nitrogen and oxygen atoms in total. The maximum Gasteiger partial charge on any atom is 0.306 e. The predicted molar refractivity (Wildman–Crippen MR) is 111 cm³/mol. The lowest BCUT2D eigenvalue weighted by molar-refractivity contribution is -0.143. The van der Waals surface area contributed by atoms with Crippen molar-refractivity contribution in [1.29, 1.82) is 0 Å². The second kappa shape index (κ2) is 8.97. The molecule has 2 aromatic rings. The molecule has 0 saturated heterocycles. The average molecular weight is 398 g/mol. The zero-order chi connectivity index (χ0) is 20.2. The molecule has 1 aromatic heterocycles. The lowest BCUT2D eigenvalue weighted by atomic mass is 9.87. The summed E-state index contributed by atoms with van der Waals surface area (Å²) in [5.41, 5.74) is 3.21. The van der Waals surface area contributed by atoms with Crippen LogP contribution in [0.5, 0.6) is 5.75 Å². The van der Waals surface area contributed by atoms with Crippen LogP contribution in [0.2, 0.25) is 0 Å². The molecule has 0 spiro atoms. The van der Waals surface area contributed by atoms with Gasteiger partial charge >= 0.3 is 5.97 Å². The maximum absolute atomic E-state index is 11.3. The summed E-state index contributed by atoms with van der Waals surface area (Å²) in [6.45, 7) is 0. The lowest BCUT2D eigenvalue weighted by Crippen LogP contribution is -2.29. The Kier molecular flexibility index (Phi) is 6.16. The van der Waals surface area contributed by atoms with Gasteiger partial charge in [0.15, 0.2) is 0 Å². The third-order valence-corrected chi connectivity index (χ3v) is 6.61. The number of hydrogen-bond acceptors (Lipinski definition) is 4. The van der Waals surface area contributed by atoms with Crippen LogP contribution < -0.4 is 4.74 Å². The van der Waals surface area contributed by atoms with Crippen LogP contribution in [0, 0.1) is 11.8 Å². The third-order valence-electron chi connectivity index (χ3n) is 6.61. The summed E-state index contributed by atoms with van der Waals surface area (Å²) in [7, 11) is 1.97. The number of aromatic nitrogens is 3. The highest BCUT2D eigenvalue weighted by atomic mass is 16.5. The molecule has 2 fully saturated rings. The smallest absolute Gasteiger partial charge is 0.306 e. The van der Waals surface area contributed by atoms with Gasteiger partial charge in [-0.1, -0.05) is 30.9 Å². The predicted octanol–water partition coefficient (Wildman–Crippen LogP) is 4.63. The molecule has 2 aliphatic rings. The Balaban J connectivity index is 1.41. The molecule has 4 rings (SSSR count). The summed E-state index contributed by atoms with van der Waals surface area (Å²) in [6.07, 6.45) is 10.8. The average Bonchev–Trinajstić information content (AvgIpc) is 3.37. The minimum Gasteiger partial charge on any atom is -0.490 e. The topological polar surface area (TPSA) is 77.2 Å². The van der Waals surface area contributed by atoms with Gasteiger partial charge < -0.3 is 9.84 Å². The Morgan fingerprint density at radius 3 is 2.62 bits per heavy atom. The van der Waals surface area contributed by atoms with E-state index in [-0.39, 0.29) is 12.0 Å². The highest BCUT2D eigenvalue weighted by Crippen LogP contribution is 2.32. The first-order valence-electron chi connectivity index (χ1n) is 11.0. The fourth-order valence-corrected chi connectivity index (χ4v) is 4.88. The molecule has 156 valence electrons. The fraction of sp³-hybridized carbons (Fsp3) is 0.609. The monoisotopic (exact) mass is 397 g/mol. The van der Waals surface area contributed by atoms with E-state index in [9.17, 15) is 9.90 Å². The second-order valence-corrected chi connectivity index (χ2v) is 8.66. The van der Waals surface area contributed by atoms with Crippen LogP contribution in [0.15, 0.2) is 24.3 Å². The molecular weight excluding hydrogens is 366 g/mol. The van der Waals surface area contributed by atoms with E-state index in [0.717, 1.165) is 48.6 Å². The highest BCUT2D eigenvalue weighted by Gasteiger charge is 2.28. The number of rotatable bonds is 7. The zero-order valence-corrected chi connectivity index (χ0v) is 17.2. The van der Waals surface area contributed by atoms with Crippen molar-refractivity contribution >= 4 is 5.97 Å². The third kappa shape index (κ3) is 4.80. The number of benzene rings is 1. The van der Waals surface area contributed by atoms with Crippen LogP contribution in [-0.2, 0) is 18.3 Å². The molecule has 2 atom stereocenters. The van der Waals surface area contributed by atoms with Crippen molar-refractivity contribution in [3.05, 3.63) is 30.0 Å². The Hall–Kier alpha value is -2.37. The first-order valence-corrected chi connectivity index (χ1v) is 11.0. The van der Waals surface area contributed by atoms with Crippen molar-refractivity contribution in [3.8, 4) is 17.0 Å². The molecular formula is C23H31N3O3. The summed E-state index contributed by atoms with van der Waals surface area (Å²) >= 11 is 0. The SMILES string of the molecule is Cn1nnc(-c2ccc(O[C@H]3CCC[C@H](C(=O)O)C3)cc2)c1CCC1CCCC1. The number of carboxylic acids is 1. The van der Waals surface area contributed by atoms with E-state index in [0.29, 0.717) is 6.42 Å². The van der Waals surface area contributed by atoms with Crippen LogP contribution in [-0.4, -0.2) is 32.2 Å². The number of hydrogen-bond donors (Lipinski definition) is 1. The van der Waals surface area contributed by atoms with Crippen LogP contribution >= 0.6 is 0 Å². The molecule has 29 heavy (non-hydrogen) atoms. The summed E-state index contributed by atoms with van der Waals surface area (Å²) in [6, 6.07) is 8.01. The van der Waals surface area contributed by atoms with Gasteiger partial charge in [-0.3, -0.25) is 9.48 Å². The van der Waals surface area contributed by atoms with Crippen molar-refractivity contribution in [2.45, 2.75) is 70.3 Å². The largest absolute Gasteiger partial charge is 0.490 e. The Bertz CT molecular complexity index is 824. The Morgan fingerprint density at radius 1 is 1.14 bits per heavy atom. The Labute approximate surface area is 172 Å². The quantitative estimate of drug-likeness (QED) is 0.737. The molecule has 6 heteroatoms. The molecule has 2 aliphatic carbocycles. The van der Waals surface area contributed by atoms with Crippen molar-refractivity contribution in [3.63, 3.8) is 0 Å². The normalized spacial score (nSPS) is 22.7. The molecule has 0 unspecified atom stereocenters. The first-order chi connectivity index (χ1) is 14.1. The van der Waals surface area contributed by atoms with E-state index < -0.39 is 5.97 Å². The Morgan fingerprint density at radius 2 is 1.90 bits per heavy atom. The van der Waals surface area contributed by atoms with Gasteiger partial charge in [0.2, 0.25) is 0 Å². The number of nitrogens with zero attached hydrogens (tertiary/aromatic N) is 3. The van der Waals surface area contributed by atoms with Gasteiger partial charge in [0.1, 0.15) is 11.4 Å². The van der Waals surface area contributed by atoms with Gasteiger partial charge in [-0.25, -0.2) is 0 Å². The van der Waals surface area contributed by atoms with E-state index in [1.807, 2.05) is 36.0 Å². The van der Waals surface area contributed by atoms with Gasteiger partial charge in [0.05, 0.1) is 17.7 Å². The minimum atomic E-state index is -0.707. The lowest BCUT2D eigenvalue weighted by Gasteiger charge is -2.27. The van der Waals surface area contributed by atoms with Crippen molar-refractivity contribution in [1.82, 2.24) is 15.0 Å². The summed E-state index contributed by atoms with van der Waals surface area (Å²) in [5.74, 6) is 0.649. The van der Waals surface area contributed by atoms with Crippen LogP contribution in [0.3, 0.4) is 0 Å². The zero-order valence-electron chi connectivity index (χ0n) is 17.2. The van der Waals surface area contributed by atoms with Gasteiger partial charge in [-0.2, -0.15) is 0 Å². The van der Waals surface area contributed by atoms with Gasteiger partial charge in [-0.05, 0) is 68.7 Å². The molecule has 0 aliphatic heterocycles. The fourth-order valence-electron chi connectivity index (χ4n) is 4.88. The summed E-state index contributed by atoms with van der Waals surface area (Å²) in [5, 5.41) is 17.9. The van der Waals surface area contributed by atoms with E-state index in [1.165, 1.54) is 37.8 Å². The molecule has 1 N–H and O–H groups in total. The van der Waals surface area contributed by atoms with Crippen molar-refractivity contribution < 1.29 is 14.6 Å². The van der Waals surface area contributed by atoms with Crippen LogP contribution in [0.1, 0.15) is 63.5 Å². The van der Waals surface area contributed by atoms with E-state index in [1.54, 1.807) is 0 Å². The summed E-state index contributed by atoms with van der Waals surface area (Å²) in [4.78, 5) is 11.3. The van der Waals surface area contributed by atoms with Gasteiger partial charge in [0.25, 0.3) is 0 Å². The first kappa shape index (κ1) is 19.9. The van der Waals surface area contributed by atoms with Gasteiger partial charge in [0, 0.05) is 12.6 Å². The molecule has 0 amide bonds. The number of carboxylic acid groups (broad SMARTS) is 1. The number of aliphatic carboxylic acids is 1. The molecule has 1 aromatic carbocycles.